The Balaban J connectivity index is 1.05. The van der Waals surface area contributed by atoms with Gasteiger partial charge in [0.25, 0.3) is 0 Å². The van der Waals surface area contributed by atoms with Crippen LogP contribution >= 0.6 is 0 Å². The van der Waals surface area contributed by atoms with Crippen LogP contribution in [-0.4, -0.2) is 54.4 Å². The first-order valence-corrected chi connectivity index (χ1v) is 18.4. The van der Waals surface area contributed by atoms with Crippen LogP contribution in [-0.2, 0) is 35.3 Å². The van der Waals surface area contributed by atoms with Gasteiger partial charge >= 0.3 is 12.1 Å². The monoisotopic (exact) mass is 679 g/mol. The van der Waals surface area contributed by atoms with Crippen LogP contribution in [0.25, 0.3) is 0 Å². The van der Waals surface area contributed by atoms with Gasteiger partial charge in [0.15, 0.2) is 0 Å². The zero-order chi connectivity index (χ0) is 35.6. The predicted octanol–water partition coefficient (Wildman–Crippen LogP) is 5.72. The fourth-order valence-electron chi connectivity index (χ4n) is 10.4. The Bertz CT molecular complexity index is 1400. The van der Waals surface area contributed by atoms with E-state index in [1.807, 2.05) is 37.3 Å². The average molecular weight is 680 g/mol. The molecule has 4 aliphatic carbocycles. The van der Waals surface area contributed by atoms with Crippen LogP contribution in [0.5, 0.6) is 0 Å². The number of carbonyl (C=O) groups is 5. The molecule has 1 aromatic rings. The third kappa shape index (κ3) is 7.99. The third-order valence-corrected chi connectivity index (χ3v) is 13.1. The second kappa shape index (κ2) is 14.8. The molecule has 9 atom stereocenters. The number of rotatable bonds is 11. The fourth-order valence-corrected chi connectivity index (χ4v) is 10.4. The summed E-state index contributed by atoms with van der Waals surface area (Å²) in [6.45, 7) is 11.7. The molecule has 4 fully saturated rings. The third-order valence-electron chi connectivity index (χ3n) is 13.1. The maximum absolute atomic E-state index is 12.9. The van der Waals surface area contributed by atoms with Gasteiger partial charge in [-0.05, 0) is 118 Å². The van der Waals surface area contributed by atoms with Gasteiger partial charge in [0.05, 0.1) is 6.54 Å². The molecule has 0 bridgehead atoms. The molecule has 0 radical (unpaired) electrons. The van der Waals surface area contributed by atoms with Crippen LogP contribution in [0.3, 0.4) is 0 Å². The van der Waals surface area contributed by atoms with Crippen LogP contribution in [0.4, 0.5) is 4.79 Å². The average Bonchev–Trinajstić information content (AvgIpc) is 3.42. The first-order chi connectivity index (χ1) is 23.1. The van der Waals surface area contributed by atoms with Crippen molar-refractivity contribution in [3.05, 3.63) is 35.9 Å². The standard InChI is InChI=1S/C39H57N3O7/c1-24(2)34(42-36(47)48-23-26-10-8-7-9-11-26)35(46)41-21-32(44)40-22-33(45)49-37(4)18-19-38(5)27(20-37)12-13-28-30-15-14-29(25(3)43)39(30,6)17-16-31(28)38/h7-11,24,27-31,34H,12-23H2,1-6H3,(H,40,44)(H,41,46)(H,42,47)/t27-,28-,29+,30-,31-,34-,37+,38-,39+/m0/s1. The number of ketones is 1. The molecular weight excluding hydrogens is 622 g/mol. The summed E-state index contributed by atoms with van der Waals surface area (Å²) >= 11 is 0. The lowest BCUT2D eigenvalue weighted by Crippen LogP contribution is -2.56. The Hall–Kier alpha value is -3.43. The van der Waals surface area contributed by atoms with Gasteiger partial charge in [-0.2, -0.15) is 0 Å². The van der Waals surface area contributed by atoms with Crippen LogP contribution in [0.1, 0.15) is 105 Å². The molecule has 10 heteroatoms. The van der Waals surface area contributed by atoms with E-state index in [4.69, 9.17) is 9.47 Å². The maximum atomic E-state index is 12.9. The molecule has 270 valence electrons. The number of fused-ring (bicyclic) bond motifs is 5. The van der Waals surface area contributed by atoms with E-state index in [2.05, 4.69) is 29.8 Å². The zero-order valence-corrected chi connectivity index (χ0v) is 30.3. The highest BCUT2D eigenvalue weighted by atomic mass is 16.6. The summed E-state index contributed by atoms with van der Waals surface area (Å²) in [5.74, 6) is 1.21. The molecule has 49 heavy (non-hydrogen) atoms. The Morgan fingerprint density at radius 2 is 1.55 bits per heavy atom. The predicted molar refractivity (Wildman–Crippen MR) is 185 cm³/mol. The van der Waals surface area contributed by atoms with Gasteiger partial charge in [-0.1, -0.05) is 58.0 Å². The van der Waals surface area contributed by atoms with E-state index >= 15 is 0 Å². The quantitative estimate of drug-likeness (QED) is 0.254. The molecule has 1 aromatic carbocycles. The van der Waals surface area contributed by atoms with Crippen molar-refractivity contribution < 1.29 is 33.4 Å². The topological polar surface area (TPSA) is 140 Å². The second-order valence-corrected chi connectivity index (χ2v) is 16.5. The number of carbonyl (C=O) groups excluding carboxylic acids is 5. The number of hydrogen-bond donors (Lipinski definition) is 3. The van der Waals surface area contributed by atoms with Crippen molar-refractivity contribution in [3.63, 3.8) is 0 Å². The molecule has 5 rings (SSSR count). The minimum atomic E-state index is -0.901. The van der Waals surface area contributed by atoms with Gasteiger partial charge in [-0.15, -0.1) is 0 Å². The van der Waals surface area contributed by atoms with Gasteiger partial charge in [0.1, 0.15) is 30.6 Å². The van der Waals surface area contributed by atoms with Crippen LogP contribution < -0.4 is 16.0 Å². The van der Waals surface area contributed by atoms with Crippen molar-refractivity contribution in [2.24, 2.45) is 46.3 Å². The molecule has 4 aliphatic rings. The summed E-state index contributed by atoms with van der Waals surface area (Å²) in [6, 6.07) is 8.31. The summed E-state index contributed by atoms with van der Waals surface area (Å²) in [6.07, 6.45) is 8.71. The lowest BCUT2D eigenvalue weighted by Gasteiger charge is -2.62. The largest absolute Gasteiger partial charge is 0.458 e. The van der Waals surface area contributed by atoms with Crippen molar-refractivity contribution in [1.82, 2.24) is 16.0 Å². The molecule has 3 amide bonds. The smallest absolute Gasteiger partial charge is 0.408 e. The summed E-state index contributed by atoms with van der Waals surface area (Å²) in [7, 11) is 0. The Labute approximate surface area is 291 Å². The summed E-state index contributed by atoms with van der Waals surface area (Å²) in [5.41, 5.74) is 0.585. The lowest BCUT2D eigenvalue weighted by atomic mass is 9.44. The summed E-state index contributed by atoms with van der Waals surface area (Å²) in [4.78, 5) is 63.1. The molecule has 10 nitrogen and oxygen atoms in total. The van der Waals surface area contributed by atoms with Crippen molar-refractivity contribution in [1.29, 1.82) is 0 Å². The normalized spacial score (nSPS) is 34.0. The summed E-state index contributed by atoms with van der Waals surface area (Å²) in [5, 5.41) is 7.69. The molecule has 0 heterocycles. The highest BCUT2D eigenvalue weighted by Crippen LogP contribution is 2.68. The molecule has 0 aliphatic heterocycles. The van der Waals surface area contributed by atoms with Crippen LogP contribution in [0.15, 0.2) is 30.3 Å². The highest BCUT2D eigenvalue weighted by Gasteiger charge is 2.61. The first kappa shape index (κ1) is 36.8. The SMILES string of the molecule is CC(=O)[C@H]1CC[C@H]2[C@@H]3CC[C@H]4C[C@](C)(OC(=O)CNC(=O)CNC(=O)[C@@H](NC(=O)OCc5ccccc5)C(C)C)CC[C@]4(C)[C@H]3CC[C@]12C. The molecule has 4 saturated carbocycles. The van der Waals surface area contributed by atoms with Crippen molar-refractivity contribution in [2.75, 3.05) is 13.1 Å². The zero-order valence-electron chi connectivity index (χ0n) is 30.3. The number of ether oxygens (including phenoxy) is 2. The first-order valence-electron chi connectivity index (χ1n) is 18.4. The van der Waals surface area contributed by atoms with Crippen LogP contribution in [0.2, 0.25) is 0 Å². The van der Waals surface area contributed by atoms with E-state index in [-0.39, 0.29) is 42.4 Å². The van der Waals surface area contributed by atoms with E-state index in [0.29, 0.717) is 29.5 Å². The molecule has 0 spiro atoms. The number of nitrogens with one attached hydrogen (secondary N) is 3. The molecule has 0 saturated heterocycles. The van der Waals surface area contributed by atoms with E-state index < -0.39 is 35.5 Å². The lowest BCUT2D eigenvalue weighted by molar-refractivity contribution is -0.180. The fraction of sp³-hybridized carbons (Fsp3) is 0.718. The number of alkyl carbamates (subject to hydrolysis) is 1. The van der Waals surface area contributed by atoms with E-state index in [1.165, 1.54) is 19.3 Å². The van der Waals surface area contributed by atoms with Crippen LogP contribution in [0, 0.1) is 46.3 Å². The van der Waals surface area contributed by atoms with Crippen molar-refractivity contribution in [2.45, 2.75) is 118 Å². The highest BCUT2D eigenvalue weighted by molar-refractivity contribution is 5.90. The van der Waals surface area contributed by atoms with Gasteiger partial charge in [0, 0.05) is 5.92 Å². The van der Waals surface area contributed by atoms with E-state index in [0.717, 1.165) is 44.1 Å². The molecular formula is C39H57N3O7. The maximum Gasteiger partial charge on any atom is 0.408 e. The minimum Gasteiger partial charge on any atom is -0.458 e. The minimum absolute atomic E-state index is 0.0705. The van der Waals surface area contributed by atoms with Gasteiger partial charge < -0.3 is 25.4 Å². The molecule has 0 unspecified atom stereocenters. The number of hydrogen-bond acceptors (Lipinski definition) is 7. The number of benzene rings is 1. The van der Waals surface area contributed by atoms with E-state index in [1.54, 1.807) is 20.8 Å². The number of amides is 3. The molecule has 0 aromatic heterocycles. The van der Waals surface area contributed by atoms with E-state index in [9.17, 15) is 24.0 Å². The number of Topliss-reactive ketones (excluding diaryl/α,β-unsaturated/α-hetero) is 1. The number of esters is 1. The van der Waals surface area contributed by atoms with Gasteiger partial charge in [0.2, 0.25) is 11.8 Å². The van der Waals surface area contributed by atoms with Gasteiger partial charge in [-0.25, -0.2) is 4.79 Å². The Kier molecular flexibility index (Phi) is 11.1. The van der Waals surface area contributed by atoms with Gasteiger partial charge in [-0.3, -0.25) is 19.2 Å². The Morgan fingerprint density at radius 3 is 2.24 bits per heavy atom. The summed E-state index contributed by atoms with van der Waals surface area (Å²) < 4.78 is 11.3. The Morgan fingerprint density at radius 1 is 0.837 bits per heavy atom. The second-order valence-electron chi connectivity index (χ2n) is 16.5. The van der Waals surface area contributed by atoms with Crippen molar-refractivity contribution in [3.8, 4) is 0 Å². The molecule has 3 N–H and O–H groups in total. The van der Waals surface area contributed by atoms with Crippen molar-refractivity contribution >= 4 is 29.7 Å².